The van der Waals surface area contributed by atoms with E-state index in [1.807, 2.05) is 66.7 Å². The van der Waals surface area contributed by atoms with E-state index in [2.05, 4.69) is 15.2 Å². The average molecular weight is 298 g/mol. The molecule has 0 atom stereocenters. The van der Waals surface area contributed by atoms with Gasteiger partial charge >= 0.3 is 0 Å². The predicted octanol–water partition coefficient (Wildman–Crippen LogP) is 5.39. The minimum atomic E-state index is 0.639. The maximum Gasteiger partial charge on any atom is 0.112 e. The highest BCUT2D eigenvalue weighted by Gasteiger charge is 2.04. The average Bonchev–Trinajstić information content (AvgIpc) is 2.61. The van der Waals surface area contributed by atoms with Gasteiger partial charge in [0.2, 0.25) is 0 Å². The van der Waals surface area contributed by atoms with Gasteiger partial charge in [-0.15, -0.1) is 10.2 Å². The fraction of sp³-hybridized carbons (Fsp3) is 0. The van der Waals surface area contributed by atoms with Gasteiger partial charge in [0.25, 0.3) is 0 Å². The van der Waals surface area contributed by atoms with E-state index in [1.54, 1.807) is 6.20 Å². The third-order valence-corrected chi connectivity index (χ3v) is 3.82. The van der Waals surface area contributed by atoms with Crippen molar-refractivity contribution in [1.29, 1.82) is 0 Å². The number of nitrogens with two attached hydrogens (primary N) is 1. The largest absolute Gasteiger partial charge is 0.396 e. The monoisotopic (exact) mass is 298 g/mol. The third kappa shape index (κ3) is 2.40. The van der Waals surface area contributed by atoms with Crippen molar-refractivity contribution in [3.05, 3.63) is 72.9 Å². The number of anilines is 1. The van der Waals surface area contributed by atoms with Gasteiger partial charge in [0.05, 0.1) is 11.2 Å². The molecule has 4 aromatic rings. The van der Waals surface area contributed by atoms with Crippen LogP contribution in [0.5, 0.6) is 0 Å². The van der Waals surface area contributed by atoms with Gasteiger partial charge in [-0.2, -0.15) is 0 Å². The van der Waals surface area contributed by atoms with Gasteiger partial charge in [-0.05, 0) is 23.6 Å². The number of nitrogen functional groups attached to an aromatic ring is 1. The molecular formula is C19H14N4. The molecule has 110 valence electrons. The van der Waals surface area contributed by atoms with Gasteiger partial charge < -0.3 is 5.73 Å². The lowest BCUT2D eigenvalue weighted by atomic mass is 10.1. The van der Waals surface area contributed by atoms with E-state index >= 15 is 0 Å². The van der Waals surface area contributed by atoms with E-state index in [9.17, 15) is 0 Å². The van der Waals surface area contributed by atoms with Crippen LogP contribution in [0.25, 0.3) is 21.7 Å². The number of pyridine rings is 1. The van der Waals surface area contributed by atoms with Crippen LogP contribution >= 0.6 is 0 Å². The zero-order valence-electron chi connectivity index (χ0n) is 12.3. The van der Waals surface area contributed by atoms with Crippen molar-refractivity contribution in [3.8, 4) is 0 Å². The van der Waals surface area contributed by atoms with Crippen LogP contribution < -0.4 is 5.73 Å². The van der Waals surface area contributed by atoms with Crippen molar-refractivity contribution < 1.29 is 0 Å². The summed E-state index contributed by atoms with van der Waals surface area (Å²) >= 11 is 0. The van der Waals surface area contributed by atoms with Crippen LogP contribution in [0.3, 0.4) is 0 Å². The third-order valence-electron chi connectivity index (χ3n) is 3.82. The lowest BCUT2D eigenvalue weighted by Gasteiger charge is -2.04. The SMILES string of the molecule is Nc1c(N=Nc2cccc3cccnc23)ccc2ccccc12. The number of benzene rings is 3. The summed E-state index contributed by atoms with van der Waals surface area (Å²) in [6, 6.07) is 21.6. The van der Waals surface area contributed by atoms with E-state index in [1.165, 1.54) is 0 Å². The van der Waals surface area contributed by atoms with E-state index < -0.39 is 0 Å². The number of azo groups is 1. The molecule has 2 N–H and O–H groups in total. The van der Waals surface area contributed by atoms with E-state index in [4.69, 9.17) is 5.73 Å². The molecule has 4 heteroatoms. The Hall–Kier alpha value is -3.27. The molecule has 3 aromatic carbocycles. The Balaban J connectivity index is 1.80. The molecule has 0 bridgehead atoms. The Bertz CT molecular complexity index is 1030. The summed E-state index contributed by atoms with van der Waals surface area (Å²) in [5.74, 6) is 0. The fourth-order valence-electron chi connectivity index (χ4n) is 2.65. The summed E-state index contributed by atoms with van der Waals surface area (Å²) in [6.07, 6.45) is 1.76. The van der Waals surface area contributed by atoms with E-state index in [0.29, 0.717) is 11.4 Å². The summed E-state index contributed by atoms with van der Waals surface area (Å²) in [5.41, 5.74) is 9.09. The molecule has 0 radical (unpaired) electrons. The second kappa shape index (κ2) is 5.50. The van der Waals surface area contributed by atoms with Crippen LogP contribution in [0.4, 0.5) is 17.1 Å². The minimum absolute atomic E-state index is 0.639. The molecule has 4 nitrogen and oxygen atoms in total. The highest BCUT2D eigenvalue weighted by Crippen LogP contribution is 2.32. The summed E-state index contributed by atoms with van der Waals surface area (Å²) in [7, 11) is 0. The zero-order chi connectivity index (χ0) is 15.6. The number of nitrogens with zero attached hydrogens (tertiary/aromatic N) is 3. The highest BCUT2D eigenvalue weighted by atomic mass is 15.1. The van der Waals surface area contributed by atoms with Gasteiger partial charge in [0, 0.05) is 17.0 Å². The summed E-state index contributed by atoms with van der Waals surface area (Å²) in [6.45, 7) is 0. The van der Waals surface area contributed by atoms with Crippen LogP contribution in [0.15, 0.2) is 83.2 Å². The Morgan fingerprint density at radius 2 is 1.48 bits per heavy atom. The quantitative estimate of drug-likeness (QED) is 0.398. The Labute approximate surface area is 133 Å². The summed E-state index contributed by atoms with van der Waals surface area (Å²) < 4.78 is 0. The number of hydrogen-bond donors (Lipinski definition) is 1. The van der Waals surface area contributed by atoms with Gasteiger partial charge in [0.15, 0.2) is 0 Å². The molecule has 0 aliphatic rings. The lowest BCUT2D eigenvalue weighted by Crippen LogP contribution is -1.87. The van der Waals surface area contributed by atoms with Gasteiger partial charge in [0.1, 0.15) is 11.4 Å². The molecule has 4 rings (SSSR count). The molecule has 23 heavy (non-hydrogen) atoms. The molecule has 0 amide bonds. The molecule has 0 unspecified atom stereocenters. The van der Waals surface area contributed by atoms with Crippen molar-refractivity contribution in [2.24, 2.45) is 10.2 Å². The molecule has 0 saturated carbocycles. The maximum absolute atomic E-state index is 6.23. The topological polar surface area (TPSA) is 63.6 Å². The number of aromatic nitrogens is 1. The number of hydrogen-bond acceptors (Lipinski definition) is 4. The first-order chi connectivity index (χ1) is 11.3. The fourth-order valence-corrected chi connectivity index (χ4v) is 2.65. The van der Waals surface area contributed by atoms with Gasteiger partial charge in [-0.3, -0.25) is 4.98 Å². The van der Waals surface area contributed by atoms with E-state index in [0.717, 1.165) is 27.4 Å². The first-order valence-electron chi connectivity index (χ1n) is 7.36. The second-order valence-corrected chi connectivity index (χ2v) is 5.27. The van der Waals surface area contributed by atoms with E-state index in [-0.39, 0.29) is 0 Å². The van der Waals surface area contributed by atoms with Crippen molar-refractivity contribution in [1.82, 2.24) is 4.98 Å². The van der Waals surface area contributed by atoms with Crippen molar-refractivity contribution in [2.45, 2.75) is 0 Å². The Kier molecular flexibility index (Phi) is 3.20. The molecular weight excluding hydrogens is 284 g/mol. The Morgan fingerprint density at radius 1 is 0.696 bits per heavy atom. The first-order valence-corrected chi connectivity index (χ1v) is 7.36. The van der Waals surface area contributed by atoms with Crippen LogP contribution in [0, 0.1) is 0 Å². The molecule has 0 spiro atoms. The minimum Gasteiger partial charge on any atom is -0.396 e. The van der Waals surface area contributed by atoms with Gasteiger partial charge in [-0.25, -0.2) is 0 Å². The van der Waals surface area contributed by atoms with Crippen LogP contribution in [0.2, 0.25) is 0 Å². The molecule has 0 fully saturated rings. The normalized spacial score (nSPS) is 11.5. The smallest absolute Gasteiger partial charge is 0.112 e. The number of fused-ring (bicyclic) bond motifs is 2. The van der Waals surface area contributed by atoms with Crippen LogP contribution in [-0.2, 0) is 0 Å². The number of rotatable bonds is 2. The van der Waals surface area contributed by atoms with Crippen LogP contribution in [0.1, 0.15) is 0 Å². The summed E-state index contributed by atoms with van der Waals surface area (Å²) in [4.78, 5) is 4.38. The lowest BCUT2D eigenvalue weighted by molar-refractivity contribution is 1.23. The molecule has 1 aromatic heterocycles. The summed E-state index contributed by atoms with van der Waals surface area (Å²) in [5, 5.41) is 11.8. The predicted molar refractivity (Wildman–Crippen MR) is 94.3 cm³/mol. The zero-order valence-corrected chi connectivity index (χ0v) is 12.3. The van der Waals surface area contributed by atoms with Gasteiger partial charge in [-0.1, -0.05) is 48.5 Å². The standard InChI is InChI=1S/C19H14N4/c20-18-15-8-2-1-5-13(15)10-11-16(18)22-23-17-9-3-6-14-7-4-12-21-19(14)17/h1-12H,20H2. The second-order valence-electron chi connectivity index (χ2n) is 5.27. The molecule has 0 saturated heterocycles. The van der Waals surface area contributed by atoms with Crippen molar-refractivity contribution in [2.75, 3.05) is 5.73 Å². The Morgan fingerprint density at radius 3 is 2.43 bits per heavy atom. The highest BCUT2D eigenvalue weighted by molar-refractivity contribution is 5.98. The van der Waals surface area contributed by atoms with Crippen LogP contribution in [-0.4, -0.2) is 4.98 Å². The molecule has 0 aliphatic heterocycles. The van der Waals surface area contributed by atoms with Crippen molar-refractivity contribution in [3.63, 3.8) is 0 Å². The molecule has 1 heterocycles. The first kappa shape index (κ1) is 13.4. The molecule has 0 aliphatic carbocycles. The number of para-hydroxylation sites is 1. The maximum atomic E-state index is 6.23. The van der Waals surface area contributed by atoms with Crippen molar-refractivity contribution >= 4 is 38.7 Å².